The summed E-state index contributed by atoms with van der Waals surface area (Å²) in [6.07, 6.45) is 4.26. The second-order valence-electron chi connectivity index (χ2n) is 6.22. The molecule has 1 aliphatic rings. The first-order valence-electron chi connectivity index (χ1n) is 9.20. The van der Waals surface area contributed by atoms with Gasteiger partial charge in [0, 0.05) is 0 Å². The smallest absolute Gasteiger partial charge is 0.284 e. The van der Waals surface area contributed by atoms with Crippen molar-refractivity contribution in [1.82, 2.24) is 5.43 Å². The van der Waals surface area contributed by atoms with Crippen LogP contribution in [0.3, 0.4) is 0 Å². The van der Waals surface area contributed by atoms with E-state index in [2.05, 4.69) is 17.5 Å². The van der Waals surface area contributed by atoms with Crippen molar-refractivity contribution < 1.29 is 19.0 Å². The van der Waals surface area contributed by atoms with Gasteiger partial charge in [-0.25, -0.2) is 5.43 Å². The fourth-order valence-electron chi connectivity index (χ4n) is 2.58. The Morgan fingerprint density at radius 3 is 2.74 bits per heavy atom. The van der Waals surface area contributed by atoms with Crippen LogP contribution in [-0.4, -0.2) is 31.4 Å². The Hall–Kier alpha value is -3.02. The highest BCUT2D eigenvalue weighted by Crippen LogP contribution is 2.30. The van der Waals surface area contributed by atoms with Crippen molar-refractivity contribution >= 4 is 12.1 Å². The van der Waals surface area contributed by atoms with E-state index in [1.54, 1.807) is 18.3 Å². The molecule has 3 rings (SSSR count). The lowest BCUT2D eigenvalue weighted by Gasteiger charge is -2.24. The standard InChI is InChI=1S/C21H24N2O4/c1-2-3-6-13-25-17-11-9-16(10-12-17)14-22-23-21(24)20-15-26-18-7-4-5-8-19(18)27-20/h4-5,7-12,14,20H,2-3,6,13,15H2,1H3,(H,23,24)/b22-14-/t20-/m0/s1. The first-order valence-corrected chi connectivity index (χ1v) is 9.20. The van der Waals surface area contributed by atoms with Crippen molar-refractivity contribution in [1.29, 1.82) is 0 Å². The molecule has 1 amide bonds. The summed E-state index contributed by atoms with van der Waals surface area (Å²) in [5.74, 6) is 1.68. The van der Waals surface area contributed by atoms with Crippen molar-refractivity contribution in [2.45, 2.75) is 32.3 Å². The molecule has 2 aromatic rings. The second-order valence-corrected chi connectivity index (χ2v) is 6.22. The first-order chi connectivity index (χ1) is 13.3. The Labute approximate surface area is 159 Å². The Morgan fingerprint density at radius 1 is 1.19 bits per heavy atom. The van der Waals surface area contributed by atoms with E-state index >= 15 is 0 Å². The molecule has 1 heterocycles. The quantitative estimate of drug-likeness (QED) is 0.440. The average Bonchev–Trinajstić information content (AvgIpc) is 2.72. The molecule has 0 aliphatic carbocycles. The molecule has 0 fully saturated rings. The molecule has 2 aromatic carbocycles. The Morgan fingerprint density at radius 2 is 1.96 bits per heavy atom. The van der Waals surface area contributed by atoms with E-state index in [4.69, 9.17) is 14.2 Å². The lowest BCUT2D eigenvalue weighted by atomic mass is 10.2. The number of para-hydroxylation sites is 2. The SMILES string of the molecule is CCCCCOc1ccc(/C=N\NC(=O)[C@@H]2COc3ccccc3O2)cc1. The normalized spacial score (nSPS) is 15.5. The summed E-state index contributed by atoms with van der Waals surface area (Å²) in [5, 5.41) is 3.99. The largest absolute Gasteiger partial charge is 0.494 e. The van der Waals surface area contributed by atoms with Crippen molar-refractivity contribution in [3.63, 3.8) is 0 Å². The van der Waals surface area contributed by atoms with Crippen molar-refractivity contribution in [2.75, 3.05) is 13.2 Å². The molecule has 0 aromatic heterocycles. The number of fused-ring (bicyclic) bond motifs is 1. The molecule has 1 N–H and O–H groups in total. The van der Waals surface area contributed by atoms with E-state index in [0.717, 1.165) is 24.3 Å². The van der Waals surface area contributed by atoms with E-state index in [1.807, 2.05) is 36.4 Å². The lowest BCUT2D eigenvalue weighted by molar-refractivity contribution is -0.130. The molecule has 0 saturated carbocycles. The molecule has 1 aliphatic heterocycles. The zero-order chi connectivity index (χ0) is 18.9. The van der Waals surface area contributed by atoms with Crippen LogP contribution in [0.4, 0.5) is 0 Å². The van der Waals surface area contributed by atoms with Crippen molar-refractivity contribution in [2.24, 2.45) is 5.10 Å². The third-order valence-electron chi connectivity index (χ3n) is 4.09. The highest BCUT2D eigenvalue weighted by molar-refractivity contribution is 5.85. The Bertz CT molecular complexity index is 774. The molecule has 27 heavy (non-hydrogen) atoms. The molecular weight excluding hydrogens is 344 g/mol. The van der Waals surface area contributed by atoms with Gasteiger partial charge < -0.3 is 14.2 Å². The summed E-state index contributed by atoms with van der Waals surface area (Å²) < 4.78 is 16.8. The lowest BCUT2D eigenvalue weighted by Crippen LogP contribution is -2.42. The van der Waals surface area contributed by atoms with E-state index in [1.165, 1.54) is 12.8 Å². The van der Waals surface area contributed by atoms with Gasteiger partial charge in [-0.05, 0) is 48.4 Å². The van der Waals surface area contributed by atoms with Crippen LogP contribution in [0.1, 0.15) is 31.7 Å². The third-order valence-corrected chi connectivity index (χ3v) is 4.09. The van der Waals surface area contributed by atoms with Crippen LogP contribution in [0.15, 0.2) is 53.6 Å². The molecule has 0 unspecified atom stereocenters. The maximum Gasteiger partial charge on any atom is 0.284 e. The monoisotopic (exact) mass is 368 g/mol. The van der Waals surface area contributed by atoms with E-state index < -0.39 is 6.10 Å². The molecule has 0 saturated heterocycles. The molecule has 6 nitrogen and oxygen atoms in total. The molecule has 142 valence electrons. The number of benzene rings is 2. The maximum absolute atomic E-state index is 12.2. The molecular formula is C21H24N2O4. The van der Waals surface area contributed by atoms with E-state index in [0.29, 0.717) is 11.5 Å². The fourth-order valence-corrected chi connectivity index (χ4v) is 2.58. The summed E-state index contributed by atoms with van der Waals surface area (Å²) in [6.45, 7) is 3.05. The number of ether oxygens (including phenoxy) is 3. The highest BCUT2D eigenvalue weighted by atomic mass is 16.6. The van der Waals surface area contributed by atoms with Crippen molar-refractivity contribution in [3.8, 4) is 17.2 Å². The van der Waals surface area contributed by atoms with Crippen LogP contribution in [0.2, 0.25) is 0 Å². The van der Waals surface area contributed by atoms with Gasteiger partial charge in [-0.15, -0.1) is 0 Å². The summed E-state index contributed by atoms with van der Waals surface area (Å²) in [7, 11) is 0. The van der Waals surface area contributed by atoms with Crippen LogP contribution in [-0.2, 0) is 4.79 Å². The number of nitrogens with one attached hydrogen (secondary N) is 1. The number of hydrogen-bond acceptors (Lipinski definition) is 5. The zero-order valence-corrected chi connectivity index (χ0v) is 15.4. The van der Waals surface area contributed by atoms with Crippen LogP contribution in [0, 0.1) is 0 Å². The van der Waals surface area contributed by atoms with Gasteiger partial charge in [-0.2, -0.15) is 5.10 Å². The number of unbranched alkanes of at least 4 members (excludes halogenated alkanes) is 2. The van der Waals surface area contributed by atoms with Gasteiger partial charge in [0.2, 0.25) is 6.10 Å². The number of nitrogens with zero attached hydrogens (tertiary/aromatic N) is 1. The van der Waals surface area contributed by atoms with Crippen LogP contribution >= 0.6 is 0 Å². The van der Waals surface area contributed by atoms with E-state index in [9.17, 15) is 4.79 Å². The summed E-state index contributed by atoms with van der Waals surface area (Å²) in [6, 6.07) is 14.8. The molecule has 0 spiro atoms. The summed E-state index contributed by atoms with van der Waals surface area (Å²) in [4.78, 5) is 12.2. The van der Waals surface area contributed by atoms with Crippen molar-refractivity contribution in [3.05, 3.63) is 54.1 Å². The van der Waals surface area contributed by atoms with E-state index in [-0.39, 0.29) is 12.5 Å². The third kappa shape index (κ3) is 5.48. The fraction of sp³-hybridized carbons (Fsp3) is 0.333. The van der Waals surface area contributed by atoms with Gasteiger partial charge in [0.05, 0.1) is 12.8 Å². The highest BCUT2D eigenvalue weighted by Gasteiger charge is 2.26. The number of hydrogen-bond donors (Lipinski definition) is 1. The predicted octanol–water partition coefficient (Wildman–Crippen LogP) is 3.55. The molecule has 1 atom stereocenters. The van der Waals surface area contributed by atoms with Crippen LogP contribution < -0.4 is 19.6 Å². The van der Waals surface area contributed by atoms with Gasteiger partial charge in [0.15, 0.2) is 11.5 Å². The minimum Gasteiger partial charge on any atom is -0.494 e. The molecule has 0 bridgehead atoms. The van der Waals surface area contributed by atoms with Gasteiger partial charge >= 0.3 is 0 Å². The number of amides is 1. The van der Waals surface area contributed by atoms with Gasteiger partial charge in [-0.3, -0.25) is 4.79 Å². The summed E-state index contributed by atoms with van der Waals surface area (Å²) in [5.41, 5.74) is 3.35. The van der Waals surface area contributed by atoms with Gasteiger partial charge in [-0.1, -0.05) is 31.9 Å². The Balaban J connectivity index is 1.45. The topological polar surface area (TPSA) is 69.2 Å². The number of rotatable bonds is 8. The minimum atomic E-state index is -0.726. The predicted molar refractivity (Wildman–Crippen MR) is 104 cm³/mol. The van der Waals surface area contributed by atoms with Crippen LogP contribution in [0.25, 0.3) is 0 Å². The Kier molecular flexibility index (Phi) is 6.68. The molecule has 6 heteroatoms. The maximum atomic E-state index is 12.2. The second kappa shape index (κ2) is 9.62. The first kappa shape index (κ1) is 18.8. The zero-order valence-electron chi connectivity index (χ0n) is 15.4. The number of carbonyl (C=O) groups is 1. The average molecular weight is 368 g/mol. The van der Waals surface area contributed by atoms with Gasteiger partial charge in [0.25, 0.3) is 5.91 Å². The van der Waals surface area contributed by atoms with Gasteiger partial charge in [0.1, 0.15) is 12.4 Å². The number of hydrazone groups is 1. The molecule has 0 radical (unpaired) electrons. The minimum absolute atomic E-state index is 0.155. The van der Waals surface area contributed by atoms with Crippen LogP contribution in [0.5, 0.6) is 17.2 Å². The summed E-state index contributed by atoms with van der Waals surface area (Å²) >= 11 is 0. The number of carbonyl (C=O) groups excluding carboxylic acids is 1.